The Morgan fingerprint density at radius 2 is 2.20 bits per heavy atom. The molecule has 2 rings (SSSR count). The molecule has 1 aromatic heterocycles. The lowest BCUT2D eigenvalue weighted by atomic mass is 10.1. The number of aromatic amines is 1. The number of nitrogens with two attached hydrogens (primary N) is 1. The largest absolute Gasteiger partial charge is 0.357 e. The Labute approximate surface area is 98.0 Å². The molecule has 0 spiro atoms. The number of fused-ring (bicyclic) bond motifs is 1. The zero-order chi connectivity index (χ0) is 10.8. The molecule has 0 aliphatic heterocycles. The maximum Gasteiger partial charge on any atom is 0.0468 e. The second-order valence-corrected chi connectivity index (χ2v) is 4.48. The van der Waals surface area contributed by atoms with Gasteiger partial charge in [0.25, 0.3) is 0 Å². The van der Waals surface area contributed by atoms with Crippen molar-refractivity contribution in [2.24, 2.45) is 5.73 Å². The highest BCUT2D eigenvalue weighted by atomic mass is 79.9. The topological polar surface area (TPSA) is 41.8 Å². The van der Waals surface area contributed by atoms with Gasteiger partial charge in [-0.05, 0) is 53.0 Å². The highest BCUT2D eigenvalue weighted by Gasteiger charge is 2.07. The van der Waals surface area contributed by atoms with Gasteiger partial charge in [0, 0.05) is 21.1 Å². The molecule has 0 radical (unpaired) electrons. The number of rotatable bonds is 3. The van der Waals surface area contributed by atoms with Gasteiger partial charge in [-0.1, -0.05) is 13.0 Å². The van der Waals surface area contributed by atoms with Crippen LogP contribution in [0.2, 0.25) is 0 Å². The van der Waals surface area contributed by atoms with Crippen LogP contribution in [0.15, 0.2) is 22.7 Å². The molecule has 0 saturated heterocycles. The third-order valence-corrected chi connectivity index (χ3v) is 3.56. The number of H-pyrrole nitrogens is 1. The zero-order valence-electron chi connectivity index (χ0n) is 8.81. The Balaban J connectivity index is 2.54. The maximum absolute atomic E-state index is 5.55. The molecule has 3 N–H and O–H groups in total. The molecule has 2 aromatic rings. The molecule has 0 unspecified atom stereocenters. The third kappa shape index (κ3) is 1.94. The second-order valence-electron chi connectivity index (χ2n) is 3.69. The normalized spacial score (nSPS) is 11.1. The fourth-order valence-electron chi connectivity index (χ4n) is 1.83. The average molecular weight is 267 g/mol. The van der Waals surface area contributed by atoms with Crippen molar-refractivity contribution in [3.8, 4) is 0 Å². The van der Waals surface area contributed by atoms with E-state index in [0.29, 0.717) is 6.54 Å². The predicted molar refractivity (Wildman–Crippen MR) is 68.1 cm³/mol. The molecule has 1 heterocycles. The first kappa shape index (κ1) is 10.7. The van der Waals surface area contributed by atoms with E-state index in [9.17, 15) is 0 Å². The molecule has 80 valence electrons. The van der Waals surface area contributed by atoms with Crippen molar-refractivity contribution in [1.82, 2.24) is 4.98 Å². The first-order chi connectivity index (χ1) is 7.26. The monoisotopic (exact) mass is 266 g/mol. The summed E-state index contributed by atoms with van der Waals surface area (Å²) in [7, 11) is 0. The Morgan fingerprint density at radius 3 is 2.87 bits per heavy atom. The zero-order valence-corrected chi connectivity index (χ0v) is 10.4. The number of halogens is 1. The number of nitrogens with one attached hydrogen (secondary N) is 1. The van der Waals surface area contributed by atoms with Crippen molar-refractivity contribution in [2.45, 2.75) is 19.8 Å². The van der Waals surface area contributed by atoms with Crippen LogP contribution >= 0.6 is 15.9 Å². The Bertz CT molecular complexity index is 474. The van der Waals surface area contributed by atoms with Gasteiger partial charge in [0.15, 0.2) is 0 Å². The lowest BCUT2D eigenvalue weighted by Gasteiger charge is -1.98. The number of hydrogen-bond donors (Lipinski definition) is 2. The molecule has 1 aromatic carbocycles. The first-order valence-corrected chi connectivity index (χ1v) is 6.04. The summed E-state index contributed by atoms with van der Waals surface area (Å²) in [5.74, 6) is 0. The van der Waals surface area contributed by atoms with Crippen LogP contribution in [0.1, 0.15) is 18.2 Å². The average Bonchev–Trinajstić information content (AvgIpc) is 2.56. The number of aryl methyl sites for hydroxylation is 1. The molecule has 0 fully saturated rings. The SMILES string of the molecule is CCc1[nH]c2ccc(CCN)cc2c1Br. The van der Waals surface area contributed by atoms with Crippen molar-refractivity contribution < 1.29 is 0 Å². The summed E-state index contributed by atoms with van der Waals surface area (Å²) in [6.07, 6.45) is 1.95. The van der Waals surface area contributed by atoms with E-state index in [2.05, 4.69) is 46.0 Å². The van der Waals surface area contributed by atoms with Crippen molar-refractivity contribution in [3.63, 3.8) is 0 Å². The molecule has 0 atom stereocenters. The van der Waals surface area contributed by atoms with Gasteiger partial charge in [-0.15, -0.1) is 0 Å². The second kappa shape index (κ2) is 4.37. The maximum atomic E-state index is 5.55. The smallest absolute Gasteiger partial charge is 0.0468 e. The summed E-state index contributed by atoms with van der Waals surface area (Å²) in [5.41, 5.74) is 9.31. The lowest BCUT2D eigenvalue weighted by Crippen LogP contribution is -2.02. The Morgan fingerprint density at radius 1 is 1.40 bits per heavy atom. The summed E-state index contributed by atoms with van der Waals surface area (Å²) in [6, 6.07) is 6.48. The lowest BCUT2D eigenvalue weighted by molar-refractivity contribution is 0.971. The van der Waals surface area contributed by atoms with Crippen LogP contribution in [-0.2, 0) is 12.8 Å². The number of benzene rings is 1. The Kier molecular flexibility index (Phi) is 3.12. The number of hydrogen-bond acceptors (Lipinski definition) is 1. The summed E-state index contributed by atoms with van der Waals surface area (Å²) >= 11 is 3.63. The number of aromatic nitrogens is 1. The van der Waals surface area contributed by atoms with Crippen LogP contribution in [0.5, 0.6) is 0 Å². The van der Waals surface area contributed by atoms with E-state index in [1.165, 1.54) is 26.6 Å². The van der Waals surface area contributed by atoms with E-state index in [0.717, 1.165) is 12.8 Å². The summed E-state index contributed by atoms with van der Waals surface area (Å²) < 4.78 is 1.19. The van der Waals surface area contributed by atoms with Crippen molar-refractivity contribution in [3.05, 3.63) is 33.9 Å². The van der Waals surface area contributed by atoms with E-state index in [1.807, 2.05) is 0 Å². The molecule has 0 aliphatic rings. The molecule has 0 saturated carbocycles. The van der Waals surface area contributed by atoms with Gasteiger partial charge in [-0.25, -0.2) is 0 Å². The van der Waals surface area contributed by atoms with Crippen LogP contribution < -0.4 is 5.73 Å². The van der Waals surface area contributed by atoms with Crippen LogP contribution in [0.3, 0.4) is 0 Å². The third-order valence-electron chi connectivity index (χ3n) is 2.66. The van der Waals surface area contributed by atoms with Crippen molar-refractivity contribution >= 4 is 26.8 Å². The van der Waals surface area contributed by atoms with Gasteiger partial charge in [-0.3, -0.25) is 0 Å². The van der Waals surface area contributed by atoms with E-state index in [4.69, 9.17) is 5.73 Å². The van der Waals surface area contributed by atoms with Gasteiger partial charge >= 0.3 is 0 Å². The van der Waals surface area contributed by atoms with Crippen LogP contribution in [0.4, 0.5) is 0 Å². The molecule has 0 amide bonds. The highest BCUT2D eigenvalue weighted by Crippen LogP contribution is 2.29. The fraction of sp³-hybridized carbons (Fsp3) is 0.333. The van der Waals surface area contributed by atoms with Crippen LogP contribution in [-0.4, -0.2) is 11.5 Å². The molecule has 2 nitrogen and oxygen atoms in total. The standard InChI is InChI=1S/C12H15BrN2/c1-2-10-12(13)9-7-8(5-6-14)3-4-11(9)15-10/h3-4,7,15H,2,5-6,14H2,1H3. The summed E-state index contributed by atoms with van der Waals surface area (Å²) in [5, 5.41) is 1.26. The van der Waals surface area contributed by atoms with Crippen molar-refractivity contribution in [1.29, 1.82) is 0 Å². The highest BCUT2D eigenvalue weighted by molar-refractivity contribution is 9.10. The summed E-state index contributed by atoms with van der Waals surface area (Å²) in [4.78, 5) is 3.40. The fourth-order valence-corrected chi connectivity index (χ4v) is 2.54. The van der Waals surface area contributed by atoms with E-state index in [-0.39, 0.29) is 0 Å². The quantitative estimate of drug-likeness (QED) is 0.881. The van der Waals surface area contributed by atoms with Crippen LogP contribution in [0.25, 0.3) is 10.9 Å². The van der Waals surface area contributed by atoms with Gasteiger partial charge in [-0.2, -0.15) is 0 Å². The van der Waals surface area contributed by atoms with Gasteiger partial charge in [0.1, 0.15) is 0 Å². The minimum absolute atomic E-state index is 0.703. The van der Waals surface area contributed by atoms with E-state index < -0.39 is 0 Å². The molecular weight excluding hydrogens is 252 g/mol. The van der Waals surface area contributed by atoms with E-state index in [1.54, 1.807) is 0 Å². The van der Waals surface area contributed by atoms with Gasteiger partial charge in [0.2, 0.25) is 0 Å². The molecule has 0 aliphatic carbocycles. The predicted octanol–water partition coefficient (Wildman–Crippen LogP) is 2.99. The minimum atomic E-state index is 0.703. The first-order valence-electron chi connectivity index (χ1n) is 5.25. The molecule has 15 heavy (non-hydrogen) atoms. The van der Waals surface area contributed by atoms with Crippen LogP contribution in [0, 0.1) is 0 Å². The van der Waals surface area contributed by atoms with E-state index >= 15 is 0 Å². The summed E-state index contributed by atoms with van der Waals surface area (Å²) in [6.45, 7) is 2.85. The van der Waals surface area contributed by atoms with Gasteiger partial charge < -0.3 is 10.7 Å². The molecular formula is C12H15BrN2. The molecule has 0 bridgehead atoms. The van der Waals surface area contributed by atoms with Gasteiger partial charge in [0.05, 0.1) is 0 Å². The van der Waals surface area contributed by atoms with Crippen molar-refractivity contribution in [2.75, 3.05) is 6.54 Å². The molecule has 3 heteroatoms. The Hall–Kier alpha value is -0.800. The minimum Gasteiger partial charge on any atom is -0.357 e.